The van der Waals surface area contributed by atoms with Crippen LogP contribution >= 0.6 is 0 Å². The Balaban J connectivity index is 1.64. The second-order valence-corrected chi connectivity index (χ2v) is 6.92. The molecule has 9 heteroatoms. The third-order valence-electron chi connectivity index (χ3n) is 4.75. The molecule has 6 nitrogen and oxygen atoms in total. The molecule has 0 radical (unpaired) electrons. The smallest absolute Gasteiger partial charge is 0.417 e. The fourth-order valence-electron chi connectivity index (χ4n) is 3.19. The predicted molar refractivity (Wildman–Crippen MR) is 108 cm³/mol. The van der Waals surface area contributed by atoms with Crippen LogP contribution in [0, 0.1) is 11.8 Å². The maximum atomic E-state index is 13.3. The Morgan fingerprint density at radius 2 is 1.84 bits per heavy atom. The van der Waals surface area contributed by atoms with Crippen LogP contribution in [0.4, 0.5) is 13.2 Å². The van der Waals surface area contributed by atoms with E-state index in [1.54, 1.807) is 12.3 Å². The number of aryl methyl sites for hydroxylation is 2. The molecule has 0 spiro atoms. The first-order valence-corrected chi connectivity index (χ1v) is 9.52. The van der Waals surface area contributed by atoms with Crippen molar-refractivity contribution in [2.45, 2.75) is 25.6 Å². The first-order chi connectivity index (χ1) is 14.9. The van der Waals surface area contributed by atoms with Crippen LogP contribution in [0.1, 0.15) is 28.7 Å². The summed E-state index contributed by atoms with van der Waals surface area (Å²) in [6.45, 7) is 0.709. The van der Waals surface area contributed by atoms with Gasteiger partial charge in [0.2, 0.25) is 0 Å². The number of aromatic hydroxyl groups is 1. The number of rotatable bonds is 5. The zero-order valence-corrected chi connectivity index (χ0v) is 16.2. The van der Waals surface area contributed by atoms with Gasteiger partial charge in [-0.3, -0.25) is 9.78 Å². The molecule has 2 aromatic carbocycles. The topological polar surface area (TPSA) is 82.5 Å². The molecule has 0 aliphatic rings. The van der Waals surface area contributed by atoms with Crippen molar-refractivity contribution >= 4 is 0 Å². The van der Waals surface area contributed by atoms with E-state index >= 15 is 0 Å². The Labute approximate surface area is 175 Å². The summed E-state index contributed by atoms with van der Waals surface area (Å²) in [5.41, 5.74) is 1.25. The van der Waals surface area contributed by atoms with Crippen LogP contribution < -0.4 is 0 Å². The molecule has 2 heterocycles. The molecule has 0 aliphatic carbocycles. The quantitative estimate of drug-likeness (QED) is 0.416. The zero-order chi connectivity index (χ0) is 21.8. The van der Waals surface area contributed by atoms with Gasteiger partial charge in [0.25, 0.3) is 0 Å². The molecule has 0 saturated heterocycles. The van der Waals surface area contributed by atoms with Crippen molar-refractivity contribution in [3.8, 4) is 29.0 Å². The van der Waals surface area contributed by atoms with Crippen molar-refractivity contribution in [1.82, 2.24) is 25.2 Å². The summed E-state index contributed by atoms with van der Waals surface area (Å²) in [6.07, 6.45) is 0.422. The highest BCUT2D eigenvalue weighted by Gasteiger charge is 2.33. The minimum atomic E-state index is -4.61. The average Bonchev–Trinajstić information content (AvgIpc) is 3.19. The van der Waals surface area contributed by atoms with Gasteiger partial charge in [-0.1, -0.05) is 11.8 Å². The highest BCUT2D eigenvalue weighted by atomic mass is 19.4. The van der Waals surface area contributed by atoms with Gasteiger partial charge >= 0.3 is 6.18 Å². The Morgan fingerprint density at radius 3 is 2.52 bits per heavy atom. The lowest BCUT2D eigenvalue weighted by Gasteiger charge is -2.10. The van der Waals surface area contributed by atoms with Gasteiger partial charge in [-0.25, -0.2) is 5.21 Å². The van der Waals surface area contributed by atoms with Gasteiger partial charge in [0.15, 0.2) is 5.82 Å². The standard InChI is InChI=1S/C22H18F3N5O/c23-22(24,25)20-14-19(31)9-8-16(20)6-4-15-5-7-18(21-27-29-28-21)13-17(15)3-1-11-30-12-2-10-26-30/h2,5,7-10,12-14,29,31H,1,3,11H2,(H,27,28). The maximum Gasteiger partial charge on any atom is 0.417 e. The van der Waals surface area contributed by atoms with Crippen LogP contribution in [0.25, 0.3) is 11.4 Å². The number of alkyl halides is 3. The van der Waals surface area contributed by atoms with E-state index in [0.29, 0.717) is 30.4 Å². The molecular formula is C22H18F3N5O. The number of phenolic OH excluding ortho intramolecular Hbond substituents is 1. The van der Waals surface area contributed by atoms with Crippen molar-refractivity contribution in [3.05, 3.63) is 77.1 Å². The van der Waals surface area contributed by atoms with Crippen molar-refractivity contribution in [1.29, 1.82) is 0 Å². The van der Waals surface area contributed by atoms with E-state index in [2.05, 4.69) is 32.4 Å². The molecule has 0 fully saturated rings. The molecule has 0 bridgehead atoms. The number of nitrogens with zero attached hydrogens (tertiary/aromatic N) is 3. The number of hydrogen-bond acceptors (Lipinski definition) is 3. The summed E-state index contributed by atoms with van der Waals surface area (Å²) in [5.74, 6) is 5.74. The van der Waals surface area contributed by atoms with E-state index < -0.39 is 17.5 Å². The van der Waals surface area contributed by atoms with Crippen LogP contribution in [0.15, 0.2) is 54.9 Å². The van der Waals surface area contributed by atoms with Crippen molar-refractivity contribution in [2.24, 2.45) is 0 Å². The third-order valence-corrected chi connectivity index (χ3v) is 4.75. The minimum Gasteiger partial charge on any atom is -0.508 e. The molecule has 4 aromatic rings. The Kier molecular flexibility index (Phi) is 5.54. The normalized spacial score (nSPS) is 11.3. The lowest BCUT2D eigenvalue weighted by molar-refractivity contribution is -0.137. The zero-order valence-electron chi connectivity index (χ0n) is 16.2. The van der Waals surface area contributed by atoms with Crippen molar-refractivity contribution in [3.63, 3.8) is 0 Å². The maximum absolute atomic E-state index is 13.3. The third kappa shape index (κ3) is 4.80. The van der Waals surface area contributed by atoms with Gasteiger partial charge in [0, 0.05) is 35.6 Å². The molecule has 0 atom stereocenters. The lowest BCUT2D eigenvalue weighted by atomic mass is 9.99. The fraction of sp³-hybridized carbons (Fsp3) is 0.182. The summed E-state index contributed by atoms with van der Waals surface area (Å²) in [4.78, 5) is 0. The number of phenols is 1. The van der Waals surface area contributed by atoms with Gasteiger partial charge in [0.05, 0.1) is 5.56 Å². The van der Waals surface area contributed by atoms with E-state index in [-0.39, 0.29) is 5.56 Å². The number of benzene rings is 2. The summed E-state index contributed by atoms with van der Waals surface area (Å²) in [5, 5.41) is 23.1. The van der Waals surface area contributed by atoms with Crippen LogP contribution in [0.2, 0.25) is 0 Å². The van der Waals surface area contributed by atoms with Crippen LogP contribution in [0.5, 0.6) is 5.75 Å². The molecule has 4 rings (SSSR count). The molecule has 0 unspecified atom stereocenters. The van der Waals surface area contributed by atoms with Crippen LogP contribution in [-0.2, 0) is 19.1 Å². The van der Waals surface area contributed by atoms with Crippen LogP contribution in [0.3, 0.4) is 0 Å². The molecule has 0 saturated carbocycles. The molecule has 2 aromatic heterocycles. The minimum absolute atomic E-state index is 0.189. The highest BCUT2D eigenvalue weighted by molar-refractivity contribution is 5.60. The van der Waals surface area contributed by atoms with Gasteiger partial charge in [-0.05, 0) is 60.9 Å². The van der Waals surface area contributed by atoms with E-state index in [0.717, 1.165) is 17.5 Å². The number of aromatic amines is 2. The summed E-state index contributed by atoms with van der Waals surface area (Å²) >= 11 is 0. The lowest BCUT2D eigenvalue weighted by Crippen LogP contribution is -2.07. The number of nitrogens with one attached hydrogen (secondary N) is 2. The predicted octanol–water partition coefficient (Wildman–Crippen LogP) is 4.36. The second kappa shape index (κ2) is 8.44. The molecule has 0 aliphatic heterocycles. The highest BCUT2D eigenvalue weighted by Crippen LogP contribution is 2.34. The number of H-pyrrole nitrogens is 2. The summed E-state index contributed by atoms with van der Waals surface area (Å²) in [6, 6.07) is 10.4. The van der Waals surface area contributed by atoms with Gasteiger partial charge < -0.3 is 5.11 Å². The van der Waals surface area contributed by atoms with Gasteiger partial charge in [-0.2, -0.15) is 18.3 Å². The van der Waals surface area contributed by atoms with E-state index in [1.807, 2.05) is 29.1 Å². The first kappa shape index (κ1) is 20.3. The Bertz CT molecular complexity index is 1220. The molecule has 0 amide bonds. The monoisotopic (exact) mass is 425 g/mol. The first-order valence-electron chi connectivity index (χ1n) is 9.52. The van der Waals surface area contributed by atoms with E-state index in [9.17, 15) is 18.3 Å². The number of halogens is 3. The Morgan fingerprint density at radius 1 is 1.06 bits per heavy atom. The molecule has 3 N–H and O–H groups in total. The van der Waals surface area contributed by atoms with Crippen LogP contribution in [-0.4, -0.2) is 30.3 Å². The second-order valence-electron chi connectivity index (χ2n) is 6.92. The molecule has 158 valence electrons. The molecular weight excluding hydrogens is 407 g/mol. The fourth-order valence-corrected chi connectivity index (χ4v) is 3.19. The number of aromatic nitrogens is 5. The summed E-state index contributed by atoms with van der Waals surface area (Å²) < 4.78 is 41.7. The largest absolute Gasteiger partial charge is 0.508 e. The van der Waals surface area contributed by atoms with E-state index in [1.165, 1.54) is 12.1 Å². The summed E-state index contributed by atoms with van der Waals surface area (Å²) in [7, 11) is 0. The van der Waals surface area contributed by atoms with Gasteiger partial charge in [0.1, 0.15) is 5.75 Å². The Hall–Kier alpha value is -3.93. The van der Waals surface area contributed by atoms with Crippen molar-refractivity contribution in [2.75, 3.05) is 0 Å². The van der Waals surface area contributed by atoms with Crippen molar-refractivity contribution < 1.29 is 18.3 Å². The van der Waals surface area contributed by atoms with E-state index in [4.69, 9.17) is 0 Å². The molecule has 31 heavy (non-hydrogen) atoms. The SMILES string of the molecule is Oc1ccc(C#Cc2ccc(-c3n[nH][nH]3)cc2CCCn2cccn2)c(C(F)(F)F)c1. The average molecular weight is 425 g/mol. The number of hydrogen-bond donors (Lipinski definition) is 3. The van der Waals surface area contributed by atoms with Gasteiger partial charge in [-0.15, -0.1) is 5.10 Å².